The van der Waals surface area contributed by atoms with Gasteiger partial charge in [-0.2, -0.15) is 0 Å². The fraction of sp³-hybridized carbons (Fsp3) is 0.160. The number of benzene rings is 3. The van der Waals surface area contributed by atoms with Crippen molar-refractivity contribution in [2.75, 3.05) is 18.5 Å². The number of hydrogen-bond acceptors (Lipinski definition) is 4. The maximum atomic E-state index is 13.2. The Morgan fingerprint density at radius 2 is 1.39 bits per heavy atom. The molecule has 0 aliphatic heterocycles. The van der Waals surface area contributed by atoms with E-state index in [1.165, 1.54) is 6.07 Å². The first-order valence-corrected chi connectivity index (χ1v) is 10.2. The van der Waals surface area contributed by atoms with E-state index in [4.69, 9.17) is 4.74 Å². The number of ether oxygens (including phenoxy) is 1. The summed E-state index contributed by atoms with van der Waals surface area (Å²) >= 11 is 0. The number of carbonyl (C=O) groups is 3. The van der Waals surface area contributed by atoms with E-state index in [1.54, 1.807) is 0 Å². The van der Waals surface area contributed by atoms with Crippen LogP contribution in [0.5, 0.6) is 0 Å². The van der Waals surface area contributed by atoms with Crippen molar-refractivity contribution in [1.82, 2.24) is 5.32 Å². The summed E-state index contributed by atoms with van der Waals surface area (Å²) in [6, 6.07) is 21.9. The first-order chi connectivity index (χ1) is 15.9. The fourth-order valence-corrected chi connectivity index (χ4v) is 3.18. The van der Waals surface area contributed by atoms with E-state index in [9.17, 15) is 23.2 Å². The lowest BCUT2D eigenvalue weighted by Gasteiger charge is -2.17. The fourth-order valence-electron chi connectivity index (χ4n) is 3.18. The van der Waals surface area contributed by atoms with Crippen molar-refractivity contribution in [3.8, 4) is 0 Å². The summed E-state index contributed by atoms with van der Waals surface area (Å²) in [4.78, 5) is 36.2. The first kappa shape index (κ1) is 23.6. The lowest BCUT2D eigenvalue weighted by Crippen LogP contribution is -2.35. The summed E-state index contributed by atoms with van der Waals surface area (Å²) in [5.74, 6) is -4.24. The average molecular weight is 452 g/mol. The molecule has 6 nitrogen and oxygen atoms in total. The summed E-state index contributed by atoms with van der Waals surface area (Å²) in [5, 5.41) is 4.63. The minimum absolute atomic E-state index is 0.0396. The maximum Gasteiger partial charge on any atom is 0.307 e. The molecule has 2 amide bonds. The van der Waals surface area contributed by atoms with Gasteiger partial charge in [-0.15, -0.1) is 0 Å². The van der Waals surface area contributed by atoms with Crippen molar-refractivity contribution >= 4 is 23.5 Å². The van der Waals surface area contributed by atoms with Gasteiger partial charge in [0.25, 0.3) is 5.91 Å². The normalized spacial score (nSPS) is 10.5. The van der Waals surface area contributed by atoms with E-state index in [2.05, 4.69) is 10.6 Å². The molecule has 0 unspecified atom stereocenters. The van der Waals surface area contributed by atoms with Crippen LogP contribution in [-0.2, 0) is 19.1 Å². The predicted molar refractivity (Wildman–Crippen MR) is 118 cm³/mol. The number of carbonyl (C=O) groups excluding carboxylic acids is 3. The second-order valence-corrected chi connectivity index (χ2v) is 7.19. The highest BCUT2D eigenvalue weighted by Crippen LogP contribution is 2.28. The van der Waals surface area contributed by atoms with Crippen molar-refractivity contribution in [2.24, 2.45) is 0 Å². The van der Waals surface area contributed by atoms with Crippen molar-refractivity contribution in [3.05, 3.63) is 102 Å². The van der Waals surface area contributed by atoms with Gasteiger partial charge in [0.2, 0.25) is 5.91 Å². The van der Waals surface area contributed by atoms with E-state index >= 15 is 0 Å². The van der Waals surface area contributed by atoms with Crippen LogP contribution in [0.2, 0.25) is 0 Å². The molecule has 170 valence electrons. The Labute approximate surface area is 189 Å². The monoisotopic (exact) mass is 452 g/mol. The molecular formula is C25H22F2N2O4. The molecule has 3 aromatic carbocycles. The van der Waals surface area contributed by atoms with Crippen LogP contribution in [0.1, 0.15) is 23.5 Å². The smallest absolute Gasteiger partial charge is 0.307 e. The van der Waals surface area contributed by atoms with Gasteiger partial charge >= 0.3 is 5.97 Å². The molecule has 0 aliphatic carbocycles. The van der Waals surface area contributed by atoms with Crippen LogP contribution in [0.3, 0.4) is 0 Å². The molecule has 3 aromatic rings. The Balaban J connectivity index is 1.47. The molecule has 0 atom stereocenters. The van der Waals surface area contributed by atoms with E-state index in [-0.39, 0.29) is 18.0 Å². The number of hydrogen-bond donors (Lipinski definition) is 2. The highest BCUT2D eigenvalue weighted by molar-refractivity contribution is 5.94. The first-order valence-electron chi connectivity index (χ1n) is 10.2. The summed E-state index contributed by atoms with van der Waals surface area (Å²) in [5.41, 5.74) is 1.94. The zero-order valence-electron chi connectivity index (χ0n) is 17.6. The molecule has 2 N–H and O–H groups in total. The van der Waals surface area contributed by atoms with Gasteiger partial charge < -0.3 is 15.4 Å². The Kier molecular flexibility index (Phi) is 8.24. The van der Waals surface area contributed by atoms with Gasteiger partial charge in [0, 0.05) is 17.7 Å². The summed E-state index contributed by atoms with van der Waals surface area (Å²) in [6.07, 6.45) is 0.0396. The largest absolute Gasteiger partial charge is 0.456 e. The summed E-state index contributed by atoms with van der Waals surface area (Å²) < 4.78 is 31.2. The lowest BCUT2D eigenvalue weighted by molar-refractivity contribution is -0.148. The second kappa shape index (κ2) is 11.5. The van der Waals surface area contributed by atoms with Crippen molar-refractivity contribution < 1.29 is 27.9 Å². The van der Waals surface area contributed by atoms with E-state index < -0.39 is 42.6 Å². The number of anilines is 1. The molecule has 0 saturated heterocycles. The maximum absolute atomic E-state index is 13.2. The minimum atomic E-state index is -1.10. The van der Waals surface area contributed by atoms with Crippen molar-refractivity contribution in [1.29, 1.82) is 0 Å². The van der Waals surface area contributed by atoms with Crippen LogP contribution < -0.4 is 10.6 Å². The van der Waals surface area contributed by atoms with Crippen LogP contribution >= 0.6 is 0 Å². The van der Waals surface area contributed by atoms with Gasteiger partial charge in [0.05, 0.1) is 13.0 Å². The Bertz CT molecular complexity index is 1070. The molecular weight excluding hydrogens is 430 g/mol. The molecule has 8 heteroatoms. The molecule has 3 rings (SSSR count). The molecule has 0 bridgehead atoms. The molecule has 0 spiro atoms. The molecule has 0 aliphatic rings. The zero-order valence-corrected chi connectivity index (χ0v) is 17.6. The van der Waals surface area contributed by atoms with Gasteiger partial charge in [0.1, 0.15) is 0 Å². The second-order valence-electron chi connectivity index (χ2n) is 7.19. The van der Waals surface area contributed by atoms with Gasteiger partial charge in [0.15, 0.2) is 18.2 Å². The Morgan fingerprint density at radius 1 is 0.788 bits per heavy atom. The minimum Gasteiger partial charge on any atom is -0.456 e. The van der Waals surface area contributed by atoms with Gasteiger partial charge in [-0.1, -0.05) is 60.7 Å². The third-order valence-electron chi connectivity index (χ3n) is 4.79. The predicted octanol–water partition coefficient (Wildman–Crippen LogP) is 3.78. The molecule has 0 fully saturated rings. The summed E-state index contributed by atoms with van der Waals surface area (Å²) in [7, 11) is 0. The van der Waals surface area contributed by atoms with Crippen LogP contribution in [-0.4, -0.2) is 30.9 Å². The van der Waals surface area contributed by atoms with Crippen molar-refractivity contribution in [2.45, 2.75) is 12.3 Å². The van der Waals surface area contributed by atoms with E-state index in [0.29, 0.717) is 0 Å². The molecule has 0 radical (unpaired) electrons. The van der Waals surface area contributed by atoms with Gasteiger partial charge in [-0.05, 0) is 23.3 Å². The molecule has 0 heterocycles. The quantitative estimate of drug-likeness (QED) is 0.484. The topological polar surface area (TPSA) is 84.5 Å². The standard InChI is InChI=1S/C25H22F2N2O4/c26-21-12-11-19(13-22(21)27)29-23(30)15-28-24(31)16-33-25(32)14-20(17-7-3-1-4-8-17)18-9-5-2-6-10-18/h1-13,20H,14-16H2,(H,28,31)(H,29,30). The van der Waals surface area contributed by atoms with Crippen LogP contribution in [0, 0.1) is 11.6 Å². The Morgan fingerprint density at radius 3 is 1.97 bits per heavy atom. The number of nitrogens with one attached hydrogen (secondary N) is 2. The third-order valence-corrected chi connectivity index (χ3v) is 4.79. The number of amides is 2. The molecule has 0 aromatic heterocycles. The van der Waals surface area contributed by atoms with E-state index in [1.807, 2.05) is 60.7 Å². The SMILES string of the molecule is O=C(COC(=O)CC(c1ccccc1)c1ccccc1)NCC(=O)Nc1ccc(F)c(F)c1. The summed E-state index contributed by atoms with van der Waals surface area (Å²) in [6.45, 7) is -0.973. The van der Waals surface area contributed by atoms with Crippen molar-refractivity contribution in [3.63, 3.8) is 0 Å². The molecule has 0 saturated carbocycles. The van der Waals surface area contributed by atoms with E-state index in [0.717, 1.165) is 23.3 Å². The average Bonchev–Trinajstić information content (AvgIpc) is 2.83. The number of halogens is 2. The van der Waals surface area contributed by atoms with Gasteiger partial charge in [-0.3, -0.25) is 14.4 Å². The Hall–Kier alpha value is -4.07. The molecule has 33 heavy (non-hydrogen) atoms. The highest BCUT2D eigenvalue weighted by Gasteiger charge is 2.20. The highest BCUT2D eigenvalue weighted by atomic mass is 19.2. The zero-order chi connectivity index (χ0) is 23.6. The van der Waals surface area contributed by atoms with Gasteiger partial charge in [-0.25, -0.2) is 8.78 Å². The van der Waals surface area contributed by atoms with Crippen LogP contribution in [0.25, 0.3) is 0 Å². The number of esters is 1. The number of rotatable bonds is 9. The lowest BCUT2D eigenvalue weighted by atomic mass is 9.89. The van der Waals surface area contributed by atoms with Crippen LogP contribution in [0.4, 0.5) is 14.5 Å². The third kappa shape index (κ3) is 7.24. The van der Waals surface area contributed by atoms with Crippen LogP contribution in [0.15, 0.2) is 78.9 Å².